The van der Waals surface area contributed by atoms with Gasteiger partial charge in [0.1, 0.15) is 24.1 Å². The summed E-state index contributed by atoms with van der Waals surface area (Å²) in [5, 5.41) is 18.3. The van der Waals surface area contributed by atoms with Crippen LogP contribution in [-0.2, 0) is 11.3 Å². The van der Waals surface area contributed by atoms with E-state index in [4.69, 9.17) is 4.74 Å². The van der Waals surface area contributed by atoms with Crippen molar-refractivity contribution in [2.45, 2.75) is 25.7 Å². The average molecular weight is 338 g/mol. The Hall–Kier alpha value is -1.90. The molecule has 1 fully saturated rings. The first-order chi connectivity index (χ1) is 11.6. The summed E-state index contributed by atoms with van der Waals surface area (Å²) in [6, 6.07) is 3.21. The molecular formula is C16H20F2N4O2. The molecule has 1 aliphatic rings. The Morgan fingerprint density at radius 3 is 3.00 bits per heavy atom. The summed E-state index contributed by atoms with van der Waals surface area (Å²) in [5.41, 5.74) is 0.0937. The van der Waals surface area contributed by atoms with Gasteiger partial charge < -0.3 is 14.4 Å². The molecule has 0 unspecified atom stereocenters. The molecule has 0 spiro atoms. The van der Waals surface area contributed by atoms with Crippen LogP contribution >= 0.6 is 0 Å². The first-order valence-electron chi connectivity index (χ1n) is 7.93. The van der Waals surface area contributed by atoms with Crippen LogP contribution in [0.4, 0.5) is 8.78 Å². The second-order valence-electron chi connectivity index (χ2n) is 5.78. The van der Waals surface area contributed by atoms with Gasteiger partial charge in [0.15, 0.2) is 5.82 Å². The lowest BCUT2D eigenvalue weighted by molar-refractivity contribution is -0.0479. The van der Waals surface area contributed by atoms with Crippen LogP contribution in [0.5, 0.6) is 0 Å². The van der Waals surface area contributed by atoms with E-state index in [9.17, 15) is 13.9 Å². The Kier molecular flexibility index (Phi) is 5.17. The number of halogens is 2. The first kappa shape index (κ1) is 16.9. The SMILES string of the molecule is CCn1cnnc1[C@@H]1CN(C[C@@H](O)c2ccc(F)cc2F)CCO1. The van der Waals surface area contributed by atoms with Crippen LogP contribution in [0.1, 0.15) is 30.5 Å². The van der Waals surface area contributed by atoms with Gasteiger partial charge in [-0.25, -0.2) is 8.78 Å². The van der Waals surface area contributed by atoms with Crippen LogP contribution in [-0.4, -0.2) is 51.0 Å². The van der Waals surface area contributed by atoms with Crippen molar-refractivity contribution in [3.63, 3.8) is 0 Å². The van der Waals surface area contributed by atoms with Crippen molar-refractivity contribution in [2.24, 2.45) is 0 Å². The van der Waals surface area contributed by atoms with Crippen molar-refractivity contribution >= 4 is 0 Å². The summed E-state index contributed by atoms with van der Waals surface area (Å²) in [6.07, 6.45) is 0.375. The maximum atomic E-state index is 13.8. The zero-order valence-corrected chi connectivity index (χ0v) is 13.4. The second kappa shape index (κ2) is 7.33. The molecule has 2 aromatic rings. The minimum absolute atomic E-state index is 0.0937. The number of hydrogen-bond donors (Lipinski definition) is 1. The summed E-state index contributed by atoms with van der Waals surface area (Å²) >= 11 is 0. The van der Waals surface area contributed by atoms with Gasteiger partial charge in [0, 0.05) is 37.8 Å². The number of aryl methyl sites for hydroxylation is 1. The standard InChI is InChI=1S/C16H20F2N4O2/c1-2-22-10-19-20-16(22)15-9-21(5-6-24-15)8-14(23)12-4-3-11(17)7-13(12)18/h3-4,7,10,14-15,23H,2,5-6,8-9H2,1H3/t14-,15+/m1/s1. The Morgan fingerprint density at radius 2 is 2.25 bits per heavy atom. The molecule has 0 bridgehead atoms. The van der Waals surface area contributed by atoms with E-state index in [1.54, 1.807) is 6.33 Å². The van der Waals surface area contributed by atoms with Crippen molar-refractivity contribution < 1.29 is 18.6 Å². The third-order valence-corrected chi connectivity index (χ3v) is 4.18. The van der Waals surface area contributed by atoms with Gasteiger partial charge in [-0.05, 0) is 13.0 Å². The lowest BCUT2D eigenvalue weighted by Gasteiger charge is -2.33. The number of aliphatic hydroxyl groups is 1. The van der Waals surface area contributed by atoms with Gasteiger partial charge in [0.05, 0.1) is 12.7 Å². The topological polar surface area (TPSA) is 63.4 Å². The molecule has 0 aliphatic carbocycles. The monoisotopic (exact) mass is 338 g/mol. The highest BCUT2D eigenvalue weighted by atomic mass is 19.1. The number of aliphatic hydroxyl groups excluding tert-OH is 1. The highest BCUT2D eigenvalue weighted by Crippen LogP contribution is 2.24. The van der Waals surface area contributed by atoms with Crippen LogP contribution < -0.4 is 0 Å². The molecule has 1 aliphatic heterocycles. The fraction of sp³-hybridized carbons (Fsp3) is 0.500. The third kappa shape index (κ3) is 3.61. The van der Waals surface area contributed by atoms with Crippen LogP contribution in [0, 0.1) is 11.6 Å². The fourth-order valence-corrected chi connectivity index (χ4v) is 2.90. The molecule has 0 amide bonds. The number of benzene rings is 1. The number of nitrogens with zero attached hydrogens (tertiary/aromatic N) is 4. The van der Waals surface area contributed by atoms with Crippen molar-refractivity contribution in [2.75, 3.05) is 26.2 Å². The van der Waals surface area contributed by atoms with Gasteiger partial charge in [0.2, 0.25) is 0 Å². The van der Waals surface area contributed by atoms with Gasteiger partial charge in [0.25, 0.3) is 0 Å². The molecule has 1 aromatic heterocycles. The Labute approximate surface area is 138 Å². The maximum Gasteiger partial charge on any atom is 0.163 e. The van der Waals surface area contributed by atoms with Gasteiger partial charge in [-0.1, -0.05) is 6.07 Å². The number of rotatable bonds is 5. The highest BCUT2D eigenvalue weighted by molar-refractivity contribution is 5.21. The number of aromatic nitrogens is 3. The molecule has 6 nitrogen and oxygen atoms in total. The Morgan fingerprint density at radius 1 is 1.42 bits per heavy atom. The van der Waals surface area contributed by atoms with E-state index in [0.29, 0.717) is 19.7 Å². The predicted octanol–water partition coefficient (Wildman–Crippen LogP) is 1.68. The van der Waals surface area contributed by atoms with Gasteiger partial charge >= 0.3 is 0 Å². The van der Waals surface area contributed by atoms with Gasteiger partial charge in [-0.15, -0.1) is 10.2 Å². The fourth-order valence-electron chi connectivity index (χ4n) is 2.90. The maximum absolute atomic E-state index is 13.8. The van der Waals surface area contributed by atoms with E-state index in [1.807, 2.05) is 16.4 Å². The lowest BCUT2D eigenvalue weighted by atomic mass is 10.1. The Balaban J connectivity index is 1.67. The number of hydrogen-bond acceptors (Lipinski definition) is 5. The van der Waals surface area contributed by atoms with Crippen molar-refractivity contribution in [1.29, 1.82) is 0 Å². The summed E-state index contributed by atoms with van der Waals surface area (Å²) in [5.74, 6) is -0.656. The predicted molar refractivity (Wildman–Crippen MR) is 82.1 cm³/mol. The molecule has 130 valence electrons. The van der Waals surface area contributed by atoms with Crippen LogP contribution in [0.2, 0.25) is 0 Å². The lowest BCUT2D eigenvalue weighted by Crippen LogP contribution is -2.41. The molecular weight excluding hydrogens is 318 g/mol. The minimum atomic E-state index is -1.03. The first-order valence-corrected chi connectivity index (χ1v) is 7.93. The van der Waals surface area contributed by atoms with E-state index in [2.05, 4.69) is 10.2 Å². The zero-order valence-electron chi connectivity index (χ0n) is 13.4. The molecule has 0 radical (unpaired) electrons. The van der Waals surface area contributed by atoms with E-state index in [1.165, 1.54) is 6.07 Å². The Bertz CT molecular complexity index is 694. The van der Waals surface area contributed by atoms with E-state index >= 15 is 0 Å². The normalized spacial score (nSPS) is 20.2. The summed E-state index contributed by atoms with van der Waals surface area (Å²) in [7, 11) is 0. The van der Waals surface area contributed by atoms with Crippen molar-refractivity contribution in [3.05, 3.63) is 47.5 Å². The van der Waals surface area contributed by atoms with Crippen molar-refractivity contribution in [1.82, 2.24) is 19.7 Å². The number of β-amino-alcohol motifs (C(OH)–C–C–N with tert-alkyl or cyclic N) is 1. The van der Waals surface area contributed by atoms with E-state index in [0.717, 1.165) is 24.5 Å². The zero-order chi connectivity index (χ0) is 17.1. The smallest absolute Gasteiger partial charge is 0.163 e. The summed E-state index contributed by atoms with van der Waals surface area (Å²) in [4.78, 5) is 1.98. The quantitative estimate of drug-likeness (QED) is 0.899. The molecule has 24 heavy (non-hydrogen) atoms. The van der Waals surface area contributed by atoms with Gasteiger partial charge in [-0.2, -0.15) is 0 Å². The highest BCUT2D eigenvalue weighted by Gasteiger charge is 2.27. The number of morpholine rings is 1. The van der Waals surface area contributed by atoms with Gasteiger partial charge in [-0.3, -0.25) is 4.90 Å². The molecule has 3 rings (SSSR count). The van der Waals surface area contributed by atoms with E-state index in [-0.39, 0.29) is 18.2 Å². The van der Waals surface area contributed by atoms with Crippen molar-refractivity contribution in [3.8, 4) is 0 Å². The average Bonchev–Trinajstić information content (AvgIpc) is 3.03. The molecule has 2 atom stereocenters. The van der Waals surface area contributed by atoms with Crippen LogP contribution in [0.25, 0.3) is 0 Å². The molecule has 1 aromatic carbocycles. The van der Waals surface area contributed by atoms with Crippen LogP contribution in [0.3, 0.4) is 0 Å². The van der Waals surface area contributed by atoms with Crippen LogP contribution in [0.15, 0.2) is 24.5 Å². The molecule has 2 heterocycles. The molecule has 1 saturated heterocycles. The number of ether oxygens (including phenoxy) is 1. The molecule has 1 N–H and O–H groups in total. The second-order valence-corrected chi connectivity index (χ2v) is 5.78. The largest absolute Gasteiger partial charge is 0.387 e. The molecule has 8 heteroatoms. The third-order valence-electron chi connectivity index (χ3n) is 4.18. The molecule has 0 saturated carbocycles. The van der Waals surface area contributed by atoms with E-state index < -0.39 is 17.7 Å². The summed E-state index contributed by atoms with van der Waals surface area (Å²) < 4.78 is 34.4. The minimum Gasteiger partial charge on any atom is -0.387 e. The summed E-state index contributed by atoms with van der Waals surface area (Å²) in [6.45, 7) is 4.61.